The molecule has 134 valence electrons. The van der Waals surface area contributed by atoms with Crippen molar-refractivity contribution in [3.8, 4) is 0 Å². The number of hydrogen-bond donors (Lipinski definition) is 1. The third kappa shape index (κ3) is 5.55. The second kappa shape index (κ2) is 8.30. The number of benzene rings is 1. The maximum absolute atomic E-state index is 12.5. The first kappa shape index (κ1) is 19.9. The summed E-state index contributed by atoms with van der Waals surface area (Å²) >= 11 is 7.06. The lowest BCUT2D eigenvalue weighted by molar-refractivity contribution is -0.117. The van der Waals surface area contributed by atoms with Gasteiger partial charge in [0.1, 0.15) is 0 Å². The fourth-order valence-electron chi connectivity index (χ4n) is 3.00. The summed E-state index contributed by atoms with van der Waals surface area (Å²) in [6, 6.07) is 4.01. The highest BCUT2D eigenvalue weighted by Gasteiger charge is 2.24. The molecule has 0 bridgehead atoms. The van der Waals surface area contributed by atoms with Gasteiger partial charge in [0.15, 0.2) is 0 Å². The van der Waals surface area contributed by atoms with Crippen LogP contribution in [0.5, 0.6) is 0 Å². The van der Waals surface area contributed by atoms with Gasteiger partial charge in [0, 0.05) is 27.6 Å². The molecule has 1 aromatic carbocycles. The van der Waals surface area contributed by atoms with Crippen molar-refractivity contribution in [2.24, 2.45) is 0 Å². The van der Waals surface area contributed by atoms with E-state index in [1.54, 1.807) is 0 Å². The van der Waals surface area contributed by atoms with Crippen molar-refractivity contribution in [3.63, 3.8) is 0 Å². The van der Waals surface area contributed by atoms with Crippen molar-refractivity contribution >= 4 is 43.5 Å². The highest BCUT2D eigenvalue weighted by molar-refractivity contribution is 9.11. The smallest absolute Gasteiger partial charge is 0.238 e. The van der Waals surface area contributed by atoms with Gasteiger partial charge in [0.25, 0.3) is 0 Å². The van der Waals surface area contributed by atoms with Gasteiger partial charge >= 0.3 is 0 Å². The number of hydrogen-bond acceptors (Lipinski definition) is 3. The Balaban J connectivity index is 1.94. The number of anilines is 1. The summed E-state index contributed by atoms with van der Waals surface area (Å²) in [5.41, 5.74) is 2.13. The molecule has 1 aliphatic heterocycles. The third-order valence-electron chi connectivity index (χ3n) is 4.36. The molecule has 24 heavy (non-hydrogen) atoms. The average Bonchev–Trinajstić information content (AvgIpc) is 2.68. The Morgan fingerprint density at radius 1 is 1.12 bits per heavy atom. The van der Waals surface area contributed by atoms with Crippen molar-refractivity contribution < 1.29 is 4.79 Å². The molecule has 1 aliphatic rings. The predicted molar refractivity (Wildman–Crippen MR) is 108 cm³/mol. The van der Waals surface area contributed by atoms with Gasteiger partial charge in [-0.3, -0.25) is 14.6 Å². The van der Waals surface area contributed by atoms with E-state index in [1.165, 1.54) is 0 Å². The number of nitrogens with one attached hydrogen (secondary N) is 1. The van der Waals surface area contributed by atoms with Crippen molar-refractivity contribution in [3.05, 3.63) is 26.6 Å². The van der Waals surface area contributed by atoms with E-state index in [0.717, 1.165) is 52.8 Å². The molecule has 1 N–H and O–H groups in total. The highest BCUT2D eigenvalue weighted by Crippen LogP contribution is 2.32. The van der Waals surface area contributed by atoms with Crippen LogP contribution in [0.1, 0.15) is 32.8 Å². The molecule has 0 radical (unpaired) electrons. The summed E-state index contributed by atoms with van der Waals surface area (Å²) in [6.07, 6.45) is 1.10. The fourth-order valence-corrected chi connectivity index (χ4v) is 4.61. The van der Waals surface area contributed by atoms with Crippen LogP contribution in [0.2, 0.25) is 0 Å². The minimum absolute atomic E-state index is 0.0319. The zero-order valence-corrected chi connectivity index (χ0v) is 18.1. The highest BCUT2D eigenvalue weighted by atomic mass is 79.9. The molecule has 1 amide bonds. The molecule has 0 saturated carbocycles. The Labute approximate surface area is 162 Å². The lowest BCUT2D eigenvalue weighted by atomic mass is 10.1. The zero-order valence-electron chi connectivity index (χ0n) is 15.0. The summed E-state index contributed by atoms with van der Waals surface area (Å²) in [4.78, 5) is 17.2. The number of nitrogens with zero attached hydrogens (tertiary/aromatic N) is 2. The standard InChI is InChI=1S/C18H27Br2N3O/c1-13-10-14(19)17(15(20)11-13)21-16(24)12-22-6-5-7-23(9-8-22)18(2,3)4/h10-11H,5-9,12H2,1-4H3,(H,21,24). The molecule has 1 aromatic rings. The van der Waals surface area contributed by atoms with E-state index in [0.29, 0.717) is 6.54 Å². The van der Waals surface area contributed by atoms with E-state index in [2.05, 4.69) is 67.7 Å². The molecule has 2 rings (SSSR count). The first-order chi connectivity index (χ1) is 11.2. The SMILES string of the molecule is Cc1cc(Br)c(NC(=O)CN2CCCN(C(C)(C)C)CC2)c(Br)c1. The first-order valence-corrected chi connectivity index (χ1v) is 9.98. The van der Waals surface area contributed by atoms with E-state index in [9.17, 15) is 4.79 Å². The van der Waals surface area contributed by atoms with Gasteiger partial charge in [-0.2, -0.15) is 0 Å². The molecule has 0 spiro atoms. The van der Waals surface area contributed by atoms with E-state index >= 15 is 0 Å². The van der Waals surface area contributed by atoms with Gasteiger partial charge < -0.3 is 5.32 Å². The summed E-state index contributed by atoms with van der Waals surface area (Å²) in [6.45, 7) is 13.2. The maximum atomic E-state index is 12.5. The Morgan fingerprint density at radius 3 is 2.33 bits per heavy atom. The minimum Gasteiger partial charge on any atom is -0.323 e. The van der Waals surface area contributed by atoms with Crippen LogP contribution in [0.15, 0.2) is 21.1 Å². The normalized spacial score (nSPS) is 17.6. The van der Waals surface area contributed by atoms with Gasteiger partial charge in [-0.15, -0.1) is 0 Å². The summed E-state index contributed by atoms with van der Waals surface area (Å²) in [7, 11) is 0. The summed E-state index contributed by atoms with van der Waals surface area (Å²) < 4.78 is 1.80. The van der Waals surface area contributed by atoms with Crippen molar-refractivity contribution in [1.29, 1.82) is 0 Å². The summed E-state index contributed by atoms with van der Waals surface area (Å²) in [5, 5.41) is 3.03. The van der Waals surface area contributed by atoms with Gasteiger partial charge in [0.2, 0.25) is 5.91 Å². The Morgan fingerprint density at radius 2 is 1.75 bits per heavy atom. The lowest BCUT2D eigenvalue weighted by Crippen LogP contribution is -2.44. The fraction of sp³-hybridized carbons (Fsp3) is 0.611. The molecule has 4 nitrogen and oxygen atoms in total. The van der Waals surface area contributed by atoms with Crippen molar-refractivity contribution in [2.75, 3.05) is 38.0 Å². The molecular formula is C18H27Br2N3O. The van der Waals surface area contributed by atoms with Crippen LogP contribution in [0, 0.1) is 6.92 Å². The average molecular weight is 461 g/mol. The van der Waals surface area contributed by atoms with Crippen LogP contribution >= 0.6 is 31.9 Å². The monoisotopic (exact) mass is 459 g/mol. The maximum Gasteiger partial charge on any atom is 0.238 e. The number of halogens is 2. The number of aryl methyl sites for hydroxylation is 1. The van der Waals surface area contributed by atoms with Crippen LogP contribution < -0.4 is 5.32 Å². The third-order valence-corrected chi connectivity index (χ3v) is 5.61. The molecule has 0 aliphatic carbocycles. The van der Waals surface area contributed by atoms with Gasteiger partial charge in [-0.25, -0.2) is 0 Å². The van der Waals surface area contributed by atoms with E-state index in [4.69, 9.17) is 0 Å². The van der Waals surface area contributed by atoms with Crippen LogP contribution in [0.25, 0.3) is 0 Å². The van der Waals surface area contributed by atoms with Gasteiger partial charge in [-0.1, -0.05) is 0 Å². The largest absolute Gasteiger partial charge is 0.323 e. The van der Waals surface area contributed by atoms with Gasteiger partial charge in [0.05, 0.1) is 12.2 Å². The predicted octanol–water partition coefficient (Wildman–Crippen LogP) is 4.26. The van der Waals surface area contributed by atoms with E-state index in [-0.39, 0.29) is 11.4 Å². The van der Waals surface area contributed by atoms with Crippen LogP contribution in [-0.4, -0.2) is 54.0 Å². The van der Waals surface area contributed by atoms with E-state index in [1.807, 2.05) is 19.1 Å². The Hall–Kier alpha value is -0.430. The second-order valence-electron chi connectivity index (χ2n) is 7.44. The molecule has 1 heterocycles. The first-order valence-electron chi connectivity index (χ1n) is 8.40. The lowest BCUT2D eigenvalue weighted by Gasteiger charge is -2.34. The zero-order chi connectivity index (χ0) is 17.9. The number of carbonyl (C=O) groups is 1. The minimum atomic E-state index is 0.0319. The number of carbonyl (C=O) groups excluding carboxylic acids is 1. The summed E-state index contributed by atoms with van der Waals surface area (Å²) in [5.74, 6) is 0.0319. The Kier molecular flexibility index (Phi) is 6.88. The van der Waals surface area contributed by atoms with Crippen LogP contribution in [0.4, 0.5) is 5.69 Å². The van der Waals surface area contributed by atoms with Crippen molar-refractivity contribution in [1.82, 2.24) is 9.80 Å². The second-order valence-corrected chi connectivity index (χ2v) is 9.15. The van der Waals surface area contributed by atoms with E-state index < -0.39 is 0 Å². The van der Waals surface area contributed by atoms with Crippen LogP contribution in [-0.2, 0) is 4.79 Å². The van der Waals surface area contributed by atoms with Crippen LogP contribution in [0.3, 0.4) is 0 Å². The molecule has 6 heteroatoms. The number of rotatable bonds is 3. The molecule has 0 unspecified atom stereocenters. The Bertz CT molecular complexity index is 575. The van der Waals surface area contributed by atoms with Crippen molar-refractivity contribution in [2.45, 2.75) is 39.7 Å². The topological polar surface area (TPSA) is 35.6 Å². The molecular weight excluding hydrogens is 434 g/mol. The molecule has 0 aromatic heterocycles. The van der Waals surface area contributed by atoms with Gasteiger partial charge in [-0.05, 0) is 96.8 Å². The molecule has 1 fully saturated rings. The number of amides is 1. The molecule has 1 saturated heterocycles. The quantitative estimate of drug-likeness (QED) is 0.731. The molecule has 0 atom stereocenters.